The van der Waals surface area contributed by atoms with Crippen LogP contribution in [0.3, 0.4) is 0 Å². The van der Waals surface area contributed by atoms with Gasteiger partial charge in [0.1, 0.15) is 11.6 Å². The monoisotopic (exact) mass is 400 g/mol. The number of nitrogens with zero attached hydrogens (tertiary/aromatic N) is 1. The molecular weight excluding hydrogens is 382 g/mol. The van der Waals surface area contributed by atoms with Crippen molar-refractivity contribution in [2.24, 2.45) is 5.92 Å². The minimum atomic E-state index is -1.09. The Bertz CT molecular complexity index is 985. The maximum Gasteiger partial charge on any atom is 0.336 e. The van der Waals surface area contributed by atoms with E-state index in [1.165, 1.54) is 67.5 Å². The van der Waals surface area contributed by atoms with E-state index >= 15 is 0 Å². The highest BCUT2D eigenvalue weighted by Gasteiger charge is 2.40. The van der Waals surface area contributed by atoms with Crippen molar-refractivity contribution >= 4 is 29.2 Å². The number of anilines is 2. The summed E-state index contributed by atoms with van der Waals surface area (Å²) in [5, 5.41) is 2.58. The molecule has 2 aromatic rings. The number of hydrogen-bond acceptors (Lipinski definition) is 4. The van der Waals surface area contributed by atoms with Gasteiger partial charge in [-0.3, -0.25) is 14.5 Å². The van der Waals surface area contributed by atoms with Crippen molar-refractivity contribution in [1.29, 1.82) is 0 Å². The summed E-state index contributed by atoms with van der Waals surface area (Å²) in [4.78, 5) is 39.2. The van der Waals surface area contributed by atoms with E-state index in [2.05, 4.69) is 5.32 Å². The molecule has 0 unspecified atom stereocenters. The first-order chi connectivity index (χ1) is 13.8. The molecule has 1 heterocycles. The number of halogens is 2. The number of ether oxygens (including phenoxy) is 1. The van der Waals surface area contributed by atoms with Crippen LogP contribution in [0.5, 0.6) is 0 Å². The van der Waals surface area contributed by atoms with E-state index in [-0.39, 0.29) is 17.7 Å². The zero-order valence-corrected chi connectivity index (χ0v) is 15.7. The van der Waals surface area contributed by atoms with Gasteiger partial charge in [0.15, 0.2) is 0 Å². The number of benzene rings is 2. The number of esters is 1. The molecule has 1 aliphatic rings. The Balaban J connectivity index is 1.98. The molecule has 29 heavy (non-hydrogen) atoms. The van der Waals surface area contributed by atoms with E-state index in [0.717, 1.165) is 0 Å². The topological polar surface area (TPSA) is 75.7 Å². The Hall–Kier alpha value is -3.55. The van der Waals surface area contributed by atoms with Crippen molar-refractivity contribution in [3.05, 3.63) is 71.4 Å². The van der Waals surface area contributed by atoms with Crippen LogP contribution < -0.4 is 10.2 Å². The highest BCUT2D eigenvalue weighted by molar-refractivity contribution is 6.10. The van der Waals surface area contributed by atoms with Crippen LogP contribution in [0.2, 0.25) is 0 Å². The molecule has 0 aromatic heterocycles. The predicted octanol–water partition coefficient (Wildman–Crippen LogP) is 3.40. The minimum Gasteiger partial charge on any atom is -0.466 e. The quantitative estimate of drug-likeness (QED) is 0.799. The number of amides is 2. The van der Waals surface area contributed by atoms with E-state index in [1.807, 2.05) is 0 Å². The fourth-order valence-electron chi connectivity index (χ4n) is 3.24. The number of hydrogen-bond donors (Lipinski definition) is 1. The highest BCUT2D eigenvalue weighted by Crippen LogP contribution is 2.34. The van der Waals surface area contributed by atoms with Crippen LogP contribution in [0.4, 0.5) is 20.2 Å². The van der Waals surface area contributed by atoms with Crippen molar-refractivity contribution in [2.75, 3.05) is 17.3 Å². The molecule has 0 radical (unpaired) electrons. The molecule has 150 valence electrons. The van der Waals surface area contributed by atoms with E-state index in [4.69, 9.17) is 4.74 Å². The van der Waals surface area contributed by atoms with Crippen LogP contribution >= 0.6 is 0 Å². The second-order valence-electron chi connectivity index (χ2n) is 6.45. The predicted molar refractivity (Wildman–Crippen MR) is 102 cm³/mol. The molecule has 0 fully saturated rings. The lowest BCUT2D eigenvalue weighted by Crippen LogP contribution is -2.43. The SMILES string of the molecule is COC(=O)C1=C(C)N(c2ccc(F)cc2)C(=O)C[C@@H]1C(=O)Nc1ccc(F)cc1. The summed E-state index contributed by atoms with van der Waals surface area (Å²) in [6.07, 6.45) is -0.286. The normalized spacial score (nSPS) is 16.6. The lowest BCUT2D eigenvalue weighted by Gasteiger charge is -2.33. The van der Waals surface area contributed by atoms with Gasteiger partial charge in [0.25, 0.3) is 0 Å². The van der Waals surface area contributed by atoms with Gasteiger partial charge in [-0.05, 0) is 55.5 Å². The van der Waals surface area contributed by atoms with Gasteiger partial charge in [0.2, 0.25) is 11.8 Å². The zero-order valence-electron chi connectivity index (χ0n) is 15.7. The summed E-state index contributed by atoms with van der Waals surface area (Å²) in [7, 11) is 1.18. The Morgan fingerprint density at radius 2 is 1.59 bits per heavy atom. The number of carbonyl (C=O) groups is 3. The van der Waals surface area contributed by atoms with Gasteiger partial charge >= 0.3 is 5.97 Å². The zero-order chi connectivity index (χ0) is 21.1. The standard InChI is InChI=1S/C21H18F2N2O4/c1-12-19(21(28)29-2)17(20(27)24-15-7-3-13(22)4-8-15)11-18(26)25(12)16-9-5-14(23)6-10-16/h3-10,17H,11H2,1-2H3,(H,24,27)/t17-/m0/s1. The van der Waals surface area contributed by atoms with Crippen molar-refractivity contribution < 1.29 is 27.9 Å². The van der Waals surface area contributed by atoms with Crippen LogP contribution in [0.15, 0.2) is 59.8 Å². The van der Waals surface area contributed by atoms with Gasteiger partial charge < -0.3 is 10.1 Å². The largest absolute Gasteiger partial charge is 0.466 e. The maximum absolute atomic E-state index is 13.2. The smallest absolute Gasteiger partial charge is 0.336 e. The molecule has 6 nitrogen and oxygen atoms in total. The first kappa shape index (κ1) is 20.2. The molecule has 0 aliphatic carbocycles. The molecule has 8 heteroatoms. The average Bonchev–Trinajstić information content (AvgIpc) is 2.70. The fraction of sp³-hybridized carbons (Fsp3) is 0.190. The van der Waals surface area contributed by atoms with Crippen molar-refractivity contribution in [3.8, 4) is 0 Å². The summed E-state index contributed by atoms with van der Waals surface area (Å²) < 4.78 is 31.1. The molecule has 1 aliphatic heterocycles. The molecule has 1 N–H and O–H groups in total. The molecule has 3 rings (SSSR count). The number of allylic oxidation sites excluding steroid dienone is 1. The number of carbonyl (C=O) groups excluding carboxylic acids is 3. The van der Waals surface area contributed by atoms with Crippen LogP contribution in [0, 0.1) is 17.6 Å². The third kappa shape index (κ3) is 4.16. The van der Waals surface area contributed by atoms with E-state index in [9.17, 15) is 23.2 Å². The van der Waals surface area contributed by atoms with Crippen LogP contribution in [0.25, 0.3) is 0 Å². The van der Waals surface area contributed by atoms with Crippen molar-refractivity contribution in [1.82, 2.24) is 0 Å². The fourth-order valence-corrected chi connectivity index (χ4v) is 3.24. The third-order valence-electron chi connectivity index (χ3n) is 4.62. The maximum atomic E-state index is 13.2. The molecule has 0 saturated carbocycles. The first-order valence-corrected chi connectivity index (χ1v) is 8.76. The summed E-state index contributed by atoms with van der Waals surface area (Å²) in [6, 6.07) is 10.3. The molecule has 0 bridgehead atoms. The number of rotatable bonds is 4. The molecule has 0 saturated heterocycles. The van der Waals surface area contributed by atoms with Gasteiger partial charge in [0.05, 0.1) is 18.6 Å². The van der Waals surface area contributed by atoms with Crippen LogP contribution in [-0.2, 0) is 19.1 Å². The van der Waals surface area contributed by atoms with Gasteiger partial charge in [-0.2, -0.15) is 0 Å². The summed E-state index contributed by atoms with van der Waals surface area (Å²) in [5.41, 5.74) is 0.939. The molecule has 2 amide bonds. The van der Waals surface area contributed by atoms with Gasteiger partial charge in [-0.1, -0.05) is 0 Å². The first-order valence-electron chi connectivity index (χ1n) is 8.76. The molecule has 0 spiro atoms. The molecule has 1 atom stereocenters. The average molecular weight is 400 g/mol. The Kier molecular flexibility index (Phi) is 5.72. The minimum absolute atomic E-state index is 0.0241. The van der Waals surface area contributed by atoms with Crippen LogP contribution in [-0.4, -0.2) is 24.9 Å². The number of nitrogens with one attached hydrogen (secondary N) is 1. The van der Waals surface area contributed by atoms with Crippen LogP contribution in [0.1, 0.15) is 13.3 Å². The lowest BCUT2D eigenvalue weighted by atomic mass is 9.88. The van der Waals surface area contributed by atoms with Gasteiger partial charge in [0, 0.05) is 23.5 Å². The third-order valence-corrected chi connectivity index (χ3v) is 4.62. The van der Waals surface area contributed by atoms with Gasteiger partial charge in [-0.15, -0.1) is 0 Å². The van der Waals surface area contributed by atoms with E-state index in [0.29, 0.717) is 11.4 Å². The van der Waals surface area contributed by atoms with Crippen molar-refractivity contribution in [2.45, 2.75) is 13.3 Å². The summed E-state index contributed by atoms with van der Waals surface area (Å²) in [5.74, 6) is -3.79. The Morgan fingerprint density at radius 1 is 1.03 bits per heavy atom. The molecule has 2 aromatic carbocycles. The Labute approximate surface area is 165 Å². The second kappa shape index (κ2) is 8.22. The second-order valence-corrected chi connectivity index (χ2v) is 6.45. The number of methoxy groups -OCH3 is 1. The summed E-state index contributed by atoms with van der Waals surface area (Å²) in [6.45, 7) is 1.52. The van der Waals surface area contributed by atoms with Crippen molar-refractivity contribution in [3.63, 3.8) is 0 Å². The summed E-state index contributed by atoms with van der Waals surface area (Å²) >= 11 is 0. The molecular formula is C21H18F2N2O4. The Morgan fingerprint density at radius 3 is 2.14 bits per heavy atom. The van der Waals surface area contributed by atoms with E-state index in [1.54, 1.807) is 0 Å². The lowest BCUT2D eigenvalue weighted by molar-refractivity contribution is -0.138. The highest BCUT2D eigenvalue weighted by atomic mass is 19.1. The van der Waals surface area contributed by atoms with E-state index < -0.39 is 35.3 Å². The van der Waals surface area contributed by atoms with Gasteiger partial charge in [-0.25, -0.2) is 13.6 Å².